The van der Waals surface area contributed by atoms with Gasteiger partial charge < -0.3 is 15.2 Å². The molecule has 1 aliphatic heterocycles. The highest BCUT2D eigenvalue weighted by Crippen LogP contribution is 2.22. The van der Waals surface area contributed by atoms with Crippen LogP contribution in [0.2, 0.25) is 0 Å². The summed E-state index contributed by atoms with van der Waals surface area (Å²) < 4.78 is 13.3. The molecule has 2 aromatic carbocycles. The first-order valence-corrected chi connectivity index (χ1v) is 11.5. The molecule has 6 nitrogen and oxygen atoms in total. The third-order valence-electron chi connectivity index (χ3n) is 6.71. The highest BCUT2D eigenvalue weighted by atomic mass is 19.1. The minimum Gasteiger partial charge on any atom is -0.321 e. The number of hydrogen-bond donors (Lipinski definition) is 2. The summed E-state index contributed by atoms with van der Waals surface area (Å²) in [7, 11) is 0. The summed E-state index contributed by atoms with van der Waals surface area (Å²) in [5, 5.41) is 3.81. The SMILES string of the molecule is CCN1CCCC1CN(Cc1cc2ccc(C)c(C)c2[nH]c1=O)C(=O)Nc1ccc(F)cc1. The van der Waals surface area contributed by atoms with E-state index < -0.39 is 0 Å². The lowest BCUT2D eigenvalue weighted by Gasteiger charge is -2.30. The second-order valence-electron chi connectivity index (χ2n) is 8.84. The summed E-state index contributed by atoms with van der Waals surface area (Å²) in [5.74, 6) is -0.359. The molecule has 0 bridgehead atoms. The summed E-state index contributed by atoms with van der Waals surface area (Å²) in [5.41, 5.74) is 3.87. The molecule has 3 aromatic rings. The number of fused-ring (bicyclic) bond motifs is 1. The number of likely N-dealkylation sites (N-methyl/N-ethyl adjacent to an activating group) is 1. The number of aryl methyl sites for hydroxylation is 2. The summed E-state index contributed by atoms with van der Waals surface area (Å²) in [6.07, 6.45) is 2.11. The van der Waals surface area contributed by atoms with Gasteiger partial charge >= 0.3 is 6.03 Å². The van der Waals surface area contributed by atoms with E-state index in [0.29, 0.717) is 17.8 Å². The van der Waals surface area contributed by atoms with Gasteiger partial charge in [0.2, 0.25) is 0 Å². The van der Waals surface area contributed by atoms with Gasteiger partial charge in [-0.3, -0.25) is 9.69 Å². The van der Waals surface area contributed by atoms with Crippen molar-refractivity contribution in [1.82, 2.24) is 14.8 Å². The van der Waals surface area contributed by atoms with Crippen molar-refractivity contribution in [3.8, 4) is 0 Å². The molecule has 2 amide bonds. The van der Waals surface area contributed by atoms with Crippen LogP contribution in [0, 0.1) is 19.7 Å². The molecule has 0 radical (unpaired) electrons. The van der Waals surface area contributed by atoms with Crippen molar-refractivity contribution in [2.75, 3.05) is 25.0 Å². The summed E-state index contributed by atoms with van der Waals surface area (Å²) >= 11 is 0. The van der Waals surface area contributed by atoms with Gasteiger partial charge in [-0.25, -0.2) is 9.18 Å². The lowest BCUT2D eigenvalue weighted by atomic mass is 10.0. The van der Waals surface area contributed by atoms with Crippen molar-refractivity contribution in [2.45, 2.75) is 46.2 Å². The first-order chi connectivity index (χ1) is 15.9. The van der Waals surface area contributed by atoms with Crippen molar-refractivity contribution in [3.05, 3.63) is 75.3 Å². The predicted octanol–water partition coefficient (Wildman–Crippen LogP) is 4.80. The number of pyridine rings is 1. The number of amides is 2. The van der Waals surface area contributed by atoms with Crippen LogP contribution in [-0.2, 0) is 6.54 Å². The normalized spacial score (nSPS) is 16.3. The van der Waals surface area contributed by atoms with Gasteiger partial charge in [-0.15, -0.1) is 0 Å². The Bertz CT molecular complexity index is 1210. The van der Waals surface area contributed by atoms with E-state index >= 15 is 0 Å². The van der Waals surface area contributed by atoms with Gasteiger partial charge in [0, 0.05) is 23.8 Å². The number of carbonyl (C=O) groups excluding carboxylic acids is 1. The number of urea groups is 1. The van der Waals surface area contributed by atoms with Crippen LogP contribution in [0.5, 0.6) is 0 Å². The molecule has 1 fully saturated rings. The van der Waals surface area contributed by atoms with E-state index in [1.54, 1.807) is 4.90 Å². The van der Waals surface area contributed by atoms with Crippen molar-refractivity contribution in [3.63, 3.8) is 0 Å². The third-order valence-corrected chi connectivity index (χ3v) is 6.71. The lowest BCUT2D eigenvalue weighted by Crippen LogP contribution is -2.45. The molecular formula is C26H31FN4O2. The molecule has 1 aliphatic rings. The Hall–Kier alpha value is -3.19. The molecule has 174 valence electrons. The Labute approximate surface area is 193 Å². The molecule has 2 heterocycles. The quantitative estimate of drug-likeness (QED) is 0.567. The predicted molar refractivity (Wildman–Crippen MR) is 130 cm³/mol. The number of likely N-dealkylation sites (tertiary alicyclic amines) is 1. The minimum atomic E-state index is -0.359. The first-order valence-electron chi connectivity index (χ1n) is 11.5. The number of H-pyrrole nitrogens is 1. The highest BCUT2D eigenvalue weighted by molar-refractivity contribution is 5.89. The zero-order valence-corrected chi connectivity index (χ0v) is 19.5. The van der Waals surface area contributed by atoms with Crippen LogP contribution in [-0.4, -0.2) is 46.5 Å². The molecule has 1 saturated heterocycles. The molecule has 1 unspecified atom stereocenters. The Balaban J connectivity index is 1.63. The zero-order valence-electron chi connectivity index (χ0n) is 19.5. The smallest absolute Gasteiger partial charge is 0.321 e. The number of anilines is 1. The molecule has 7 heteroatoms. The zero-order chi connectivity index (χ0) is 23.5. The maximum atomic E-state index is 13.3. The Morgan fingerprint density at radius 1 is 1.21 bits per heavy atom. The molecule has 1 aromatic heterocycles. The molecule has 4 rings (SSSR count). The second-order valence-corrected chi connectivity index (χ2v) is 8.84. The standard InChI is InChI=1S/C26H31FN4O2/c1-4-30-13-5-6-23(30)16-31(26(33)28-22-11-9-21(27)10-12-22)15-20-14-19-8-7-17(2)18(3)24(19)29-25(20)32/h7-12,14,23H,4-6,13,15-16H2,1-3H3,(H,28,33)(H,29,32). The number of carbonyl (C=O) groups is 1. The van der Waals surface area contributed by atoms with Crippen LogP contribution in [0.4, 0.5) is 14.9 Å². The fourth-order valence-corrected chi connectivity index (χ4v) is 4.62. The van der Waals surface area contributed by atoms with Crippen LogP contribution in [0.25, 0.3) is 10.9 Å². The first kappa shape index (κ1) is 23.0. The van der Waals surface area contributed by atoms with Crippen LogP contribution in [0.15, 0.2) is 47.3 Å². The van der Waals surface area contributed by atoms with Gasteiger partial charge in [-0.2, -0.15) is 0 Å². The van der Waals surface area contributed by atoms with Gasteiger partial charge in [-0.1, -0.05) is 19.1 Å². The Morgan fingerprint density at radius 2 is 1.97 bits per heavy atom. The molecule has 0 saturated carbocycles. The maximum absolute atomic E-state index is 13.3. The summed E-state index contributed by atoms with van der Waals surface area (Å²) in [4.78, 5) is 33.3. The lowest BCUT2D eigenvalue weighted by molar-refractivity contribution is 0.174. The summed E-state index contributed by atoms with van der Waals surface area (Å²) in [6.45, 7) is 8.79. The number of nitrogens with zero attached hydrogens (tertiary/aromatic N) is 2. The number of hydrogen-bond acceptors (Lipinski definition) is 3. The van der Waals surface area contributed by atoms with Crippen LogP contribution >= 0.6 is 0 Å². The van der Waals surface area contributed by atoms with Gasteiger partial charge in [0.05, 0.1) is 12.1 Å². The molecule has 0 spiro atoms. The largest absolute Gasteiger partial charge is 0.322 e. The van der Waals surface area contributed by atoms with Gasteiger partial charge in [-0.05, 0) is 86.6 Å². The molecule has 1 atom stereocenters. The van der Waals surface area contributed by atoms with Crippen molar-refractivity contribution >= 4 is 22.6 Å². The van der Waals surface area contributed by atoms with Crippen molar-refractivity contribution in [1.29, 1.82) is 0 Å². The highest BCUT2D eigenvalue weighted by Gasteiger charge is 2.28. The molecule has 33 heavy (non-hydrogen) atoms. The minimum absolute atomic E-state index is 0.186. The van der Waals surface area contributed by atoms with Crippen molar-refractivity contribution < 1.29 is 9.18 Å². The van der Waals surface area contributed by atoms with Gasteiger partial charge in [0.25, 0.3) is 5.56 Å². The fourth-order valence-electron chi connectivity index (χ4n) is 4.62. The topological polar surface area (TPSA) is 68.4 Å². The number of benzene rings is 2. The summed E-state index contributed by atoms with van der Waals surface area (Å²) in [6, 6.07) is 11.6. The Kier molecular flexibility index (Phi) is 6.79. The number of aromatic nitrogens is 1. The van der Waals surface area contributed by atoms with E-state index in [1.807, 2.05) is 32.0 Å². The number of aromatic amines is 1. The van der Waals surface area contributed by atoms with E-state index in [2.05, 4.69) is 22.1 Å². The maximum Gasteiger partial charge on any atom is 0.322 e. The number of nitrogens with one attached hydrogen (secondary N) is 2. The average molecular weight is 451 g/mol. The van der Waals surface area contributed by atoms with E-state index in [9.17, 15) is 14.0 Å². The second kappa shape index (κ2) is 9.75. The molecular weight excluding hydrogens is 419 g/mol. The average Bonchev–Trinajstić information content (AvgIpc) is 3.25. The van der Waals surface area contributed by atoms with E-state index in [-0.39, 0.29) is 30.0 Å². The number of rotatable bonds is 6. The Morgan fingerprint density at radius 3 is 2.70 bits per heavy atom. The van der Waals surface area contributed by atoms with Gasteiger partial charge in [0.15, 0.2) is 0 Å². The van der Waals surface area contributed by atoms with Crippen LogP contribution < -0.4 is 10.9 Å². The van der Waals surface area contributed by atoms with Crippen molar-refractivity contribution in [2.24, 2.45) is 0 Å². The number of halogens is 1. The monoisotopic (exact) mass is 450 g/mol. The fraction of sp³-hybridized carbons (Fsp3) is 0.385. The van der Waals surface area contributed by atoms with Crippen LogP contribution in [0.1, 0.15) is 36.5 Å². The van der Waals surface area contributed by atoms with Crippen LogP contribution in [0.3, 0.4) is 0 Å². The van der Waals surface area contributed by atoms with Gasteiger partial charge in [0.1, 0.15) is 5.82 Å². The third kappa shape index (κ3) is 5.09. The van der Waals surface area contributed by atoms with E-state index in [0.717, 1.165) is 48.0 Å². The molecule has 2 N–H and O–H groups in total. The van der Waals surface area contributed by atoms with E-state index in [4.69, 9.17) is 0 Å². The molecule has 0 aliphatic carbocycles. The van der Waals surface area contributed by atoms with E-state index in [1.165, 1.54) is 24.3 Å².